The number of nitrogens with one attached hydrogen (secondary N) is 1. The average molecular weight is 352 g/mol. The molecule has 5 N–H and O–H groups in total. The Labute approximate surface area is 136 Å². The topological polar surface area (TPSA) is 125 Å². The van der Waals surface area contributed by atoms with Crippen molar-refractivity contribution in [2.45, 2.75) is 30.8 Å². The molecule has 126 valence electrons. The average Bonchev–Trinajstić information content (AvgIpc) is 2.43. The van der Waals surface area contributed by atoms with Crippen LogP contribution in [-0.2, 0) is 26.0 Å². The molecule has 9 heteroatoms. The first-order chi connectivity index (χ1) is 9.81. The lowest BCUT2D eigenvalue weighted by molar-refractivity contribution is -0.118. The van der Waals surface area contributed by atoms with Crippen LogP contribution in [-0.4, -0.2) is 34.1 Å². The lowest BCUT2D eigenvalue weighted by atomic mass is 10.1. The third kappa shape index (κ3) is 5.90. The van der Waals surface area contributed by atoms with Gasteiger partial charge in [-0.05, 0) is 24.1 Å². The van der Waals surface area contributed by atoms with Gasteiger partial charge in [0.2, 0.25) is 15.9 Å². The van der Waals surface area contributed by atoms with Crippen LogP contribution in [0.5, 0.6) is 0 Å². The van der Waals surface area contributed by atoms with E-state index in [0.29, 0.717) is 17.7 Å². The quantitative estimate of drug-likeness (QED) is 0.664. The Balaban J connectivity index is 0.00000441. The number of hydrogen-bond donors (Lipinski definition) is 3. The second-order valence-electron chi connectivity index (χ2n) is 4.57. The van der Waals surface area contributed by atoms with Gasteiger partial charge < -0.3 is 15.8 Å². The number of hydrogen-bond acceptors (Lipinski definition) is 5. The Morgan fingerprint density at radius 2 is 2.05 bits per heavy atom. The van der Waals surface area contributed by atoms with Crippen molar-refractivity contribution >= 4 is 34.0 Å². The smallest absolute Gasteiger partial charge is 0.238 e. The molecule has 0 spiro atoms. The van der Waals surface area contributed by atoms with Crippen LogP contribution in [0.3, 0.4) is 0 Å². The van der Waals surface area contributed by atoms with Gasteiger partial charge in [-0.25, -0.2) is 13.6 Å². The van der Waals surface area contributed by atoms with E-state index >= 15 is 0 Å². The van der Waals surface area contributed by atoms with E-state index in [1.165, 1.54) is 13.2 Å². The molecule has 0 aliphatic rings. The van der Waals surface area contributed by atoms with Gasteiger partial charge in [0.15, 0.2) is 0 Å². The van der Waals surface area contributed by atoms with Crippen LogP contribution >= 0.6 is 12.4 Å². The van der Waals surface area contributed by atoms with Crippen molar-refractivity contribution < 1.29 is 17.9 Å². The molecule has 0 aromatic heterocycles. The molecule has 0 bridgehead atoms. The van der Waals surface area contributed by atoms with E-state index < -0.39 is 10.0 Å². The van der Waals surface area contributed by atoms with E-state index in [1.54, 1.807) is 12.1 Å². The lowest BCUT2D eigenvalue weighted by Gasteiger charge is -2.14. The normalized spacial score (nSPS) is 12.4. The number of nitrogens with two attached hydrogens (primary N) is 2. The van der Waals surface area contributed by atoms with Crippen LogP contribution in [0.2, 0.25) is 0 Å². The maximum atomic E-state index is 11.8. The van der Waals surface area contributed by atoms with Crippen LogP contribution < -0.4 is 16.2 Å². The second-order valence-corrected chi connectivity index (χ2v) is 6.10. The number of carbonyl (C=O) groups is 1. The van der Waals surface area contributed by atoms with Gasteiger partial charge in [-0.15, -0.1) is 12.4 Å². The summed E-state index contributed by atoms with van der Waals surface area (Å²) in [5.41, 5.74) is 6.42. The fraction of sp³-hybridized carbons (Fsp3) is 0.462. The van der Waals surface area contributed by atoms with E-state index in [1.807, 2.05) is 6.92 Å². The van der Waals surface area contributed by atoms with Gasteiger partial charge in [0.05, 0.1) is 17.4 Å². The van der Waals surface area contributed by atoms with Crippen LogP contribution in [0.4, 0.5) is 5.69 Å². The minimum absolute atomic E-state index is 0. The summed E-state index contributed by atoms with van der Waals surface area (Å²) >= 11 is 0. The van der Waals surface area contributed by atoms with Gasteiger partial charge in [0.25, 0.3) is 0 Å². The van der Waals surface area contributed by atoms with Crippen molar-refractivity contribution in [3.8, 4) is 0 Å². The predicted molar refractivity (Wildman–Crippen MR) is 87.5 cm³/mol. The van der Waals surface area contributed by atoms with Crippen molar-refractivity contribution in [3.05, 3.63) is 23.8 Å². The molecule has 0 aliphatic carbocycles. The molecule has 0 saturated carbocycles. The van der Waals surface area contributed by atoms with Crippen molar-refractivity contribution in [2.75, 3.05) is 19.0 Å². The molecule has 0 heterocycles. The minimum Gasteiger partial charge on any atom is -0.380 e. The Hall–Kier alpha value is -1.19. The van der Waals surface area contributed by atoms with E-state index in [-0.39, 0.29) is 42.3 Å². The van der Waals surface area contributed by atoms with Crippen LogP contribution in [0, 0.1) is 0 Å². The molecule has 1 unspecified atom stereocenters. The fourth-order valence-corrected chi connectivity index (χ4v) is 2.74. The molecule has 0 aliphatic heterocycles. The Morgan fingerprint density at radius 3 is 2.50 bits per heavy atom. The zero-order valence-electron chi connectivity index (χ0n) is 12.5. The third-order valence-corrected chi connectivity index (χ3v) is 4.04. The van der Waals surface area contributed by atoms with Crippen LogP contribution in [0.1, 0.15) is 18.9 Å². The van der Waals surface area contributed by atoms with Crippen LogP contribution in [0.15, 0.2) is 23.1 Å². The number of benzene rings is 1. The van der Waals surface area contributed by atoms with Crippen molar-refractivity contribution in [2.24, 2.45) is 10.9 Å². The number of ether oxygens (including phenoxy) is 1. The number of aryl methyl sites for hydroxylation is 1. The maximum Gasteiger partial charge on any atom is 0.238 e. The zero-order valence-corrected chi connectivity index (χ0v) is 14.2. The zero-order chi connectivity index (χ0) is 16.0. The maximum absolute atomic E-state index is 11.8. The molecule has 0 fully saturated rings. The molecule has 1 rings (SSSR count). The van der Waals surface area contributed by atoms with E-state index in [0.717, 1.165) is 0 Å². The van der Waals surface area contributed by atoms with Gasteiger partial charge in [-0.3, -0.25) is 4.79 Å². The Morgan fingerprint density at radius 1 is 1.41 bits per heavy atom. The third-order valence-electron chi connectivity index (χ3n) is 3.05. The molecule has 22 heavy (non-hydrogen) atoms. The standard InChI is InChI=1S/C13H21N3O4S.ClH/c1-3-9-4-5-10(6-12(9)21(15,18)19)16-13(17)7-11(8-14)20-2;/h4-6,11H,3,7-8,14H2,1-2H3,(H,16,17)(H2,15,18,19);1H. The molecule has 1 atom stereocenters. The summed E-state index contributed by atoms with van der Waals surface area (Å²) in [5, 5.41) is 7.79. The fourth-order valence-electron chi connectivity index (χ4n) is 1.87. The molecule has 7 nitrogen and oxygen atoms in total. The first kappa shape index (κ1) is 20.8. The number of halogens is 1. The number of rotatable bonds is 7. The van der Waals surface area contributed by atoms with E-state index in [2.05, 4.69) is 5.32 Å². The van der Waals surface area contributed by atoms with Crippen molar-refractivity contribution in [1.29, 1.82) is 0 Å². The highest BCUT2D eigenvalue weighted by atomic mass is 35.5. The molecular formula is C13H22ClN3O4S. The molecule has 1 aromatic carbocycles. The van der Waals surface area contributed by atoms with E-state index in [9.17, 15) is 13.2 Å². The highest BCUT2D eigenvalue weighted by molar-refractivity contribution is 7.89. The number of primary sulfonamides is 1. The molecule has 1 amide bonds. The van der Waals surface area contributed by atoms with Crippen molar-refractivity contribution in [3.63, 3.8) is 0 Å². The lowest BCUT2D eigenvalue weighted by Crippen LogP contribution is -2.28. The molecule has 1 aromatic rings. The summed E-state index contributed by atoms with van der Waals surface area (Å²) < 4.78 is 28.1. The first-order valence-corrected chi connectivity index (χ1v) is 8.04. The van der Waals surface area contributed by atoms with Crippen LogP contribution in [0.25, 0.3) is 0 Å². The first-order valence-electron chi connectivity index (χ1n) is 6.50. The summed E-state index contributed by atoms with van der Waals surface area (Å²) in [6, 6.07) is 4.62. The molecule has 0 radical (unpaired) electrons. The van der Waals surface area contributed by atoms with Gasteiger partial charge in [0.1, 0.15) is 0 Å². The number of amides is 1. The summed E-state index contributed by atoms with van der Waals surface area (Å²) in [6.07, 6.45) is 0.240. The number of carbonyl (C=O) groups excluding carboxylic acids is 1. The predicted octanol–water partition coefficient (Wildman–Crippen LogP) is 0.621. The highest BCUT2D eigenvalue weighted by Gasteiger charge is 2.16. The second kappa shape index (κ2) is 9.06. The largest absolute Gasteiger partial charge is 0.380 e. The molecule has 0 saturated heterocycles. The summed E-state index contributed by atoms with van der Waals surface area (Å²) in [4.78, 5) is 11.8. The number of sulfonamides is 1. The van der Waals surface area contributed by atoms with Gasteiger partial charge in [0, 0.05) is 19.3 Å². The summed E-state index contributed by atoms with van der Waals surface area (Å²) in [7, 11) is -2.36. The Bertz CT molecular complexity index is 603. The Kier molecular flexibility index (Phi) is 8.57. The highest BCUT2D eigenvalue weighted by Crippen LogP contribution is 2.20. The van der Waals surface area contributed by atoms with Gasteiger partial charge >= 0.3 is 0 Å². The number of methoxy groups -OCH3 is 1. The minimum atomic E-state index is -3.83. The molecular weight excluding hydrogens is 330 g/mol. The summed E-state index contributed by atoms with van der Waals surface area (Å²) in [6.45, 7) is 2.05. The van der Waals surface area contributed by atoms with E-state index in [4.69, 9.17) is 15.6 Å². The summed E-state index contributed by atoms with van der Waals surface area (Å²) in [5.74, 6) is -0.308. The van der Waals surface area contributed by atoms with Gasteiger partial charge in [-0.1, -0.05) is 13.0 Å². The SMILES string of the molecule is CCc1ccc(NC(=O)CC(CN)OC)cc1S(N)(=O)=O.Cl. The van der Waals surface area contributed by atoms with Crippen molar-refractivity contribution in [1.82, 2.24) is 0 Å². The monoisotopic (exact) mass is 351 g/mol. The number of anilines is 1. The van der Waals surface area contributed by atoms with Gasteiger partial charge in [-0.2, -0.15) is 0 Å².